The molecule has 204 valence electrons. The number of aliphatic hydroxyl groups is 2. The predicted octanol–water partition coefficient (Wildman–Crippen LogP) is 1.42. The summed E-state index contributed by atoms with van der Waals surface area (Å²) in [6, 6.07) is 3.06. The standard InChI is InChI=1S/C27H38N2O8/c1-17-6-5-7-20(30)25(33)22(32)16-23-26(37-23)19-14-18(15-21(31)24(19)27(34)36-17)35-13-4-3-8-29-11-9-28(2)10-12-29/h5,7,14-15,17,22-23,25-26,31-33H,3-4,6,8-13,16H2,1-2H3/b7-5-/t17-,22-,23-,25+,26+/m0/s1. The van der Waals surface area contributed by atoms with Crippen molar-refractivity contribution < 1.29 is 39.1 Å². The highest BCUT2D eigenvalue weighted by Gasteiger charge is 2.46. The number of ketones is 1. The first-order chi connectivity index (χ1) is 17.7. The molecule has 10 heteroatoms. The van der Waals surface area contributed by atoms with Crippen LogP contribution < -0.4 is 4.74 Å². The van der Waals surface area contributed by atoms with Gasteiger partial charge in [-0.25, -0.2) is 4.79 Å². The fraction of sp³-hybridized carbons (Fsp3) is 0.630. The Kier molecular flexibility index (Phi) is 9.20. The van der Waals surface area contributed by atoms with Crippen molar-refractivity contribution in [3.63, 3.8) is 0 Å². The number of epoxide rings is 1. The summed E-state index contributed by atoms with van der Waals surface area (Å²) < 4.78 is 17.1. The van der Waals surface area contributed by atoms with Crippen molar-refractivity contribution >= 4 is 11.8 Å². The van der Waals surface area contributed by atoms with Gasteiger partial charge in [-0.3, -0.25) is 4.79 Å². The zero-order valence-corrected chi connectivity index (χ0v) is 21.5. The number of phenols is 1. The highest BCUT2D eigenvalue weighted by molar-refractivity contribution is 5.95. The van der Waals surface area contributed by atoms with E-state index in [4.69, 9.17) is 14.2 Å². The third-order valence-electron chi connectivity index (χ3n) is 7.14. The molecule has 3 aliphatic rings. The molecule has 0 unspecified atom stereocenters. The molecular formula is C27H38N2O8. The van der Waals surface area contributed by atoms with Crippen molar-refractivity contribution in [3.05, 3.63) is 35.4 Å². The van der Waals surface area contributed by atoms with Gasteiger partial charge in [0.05, 0.1) is 18.8 Å². The number of unbranched alkanes of at least 4 members (excludes halogenated alkanes) is 1. The summed E-state index contributed by atoms with van der Waals surface area (Å²) in [5, 5.41) is 31.3. The van der Waals surface area contributed by atoms with Gasteiger partial charge in [0.2, 0.25) is 0 Å². The Morgan fingerprint density at radius 1 is 1.11 bits per heavy atom. The molecule has 4 rings (SSSR count). The topological polar surface area (TPSA) is 132 Å². The number of cyclic esters (lactones) is 1. The maximum absolute atomic E-state index is 13.0. The first-order valence-electron chi connectivity index (χ1n) is 13.1. The number of aromatic hydroxyl groups is 1. The van der Waals surface area contributed by atoms with Crippen LogP contribution in [0.25, 0.3) is 0 Å². The van der Waals surface area contributed by atoms with E-state index in [-0.39, 0.29) is 24.2 Å². The van der Waals surface area contributed by atoms with Crippen LogP contribution in [-0.4, -0.2) is 108 Å². The van der Waals surface area contributed by atoms with E-state index in [1.807, 2.05) is 0 Å². The quantitative estimate of drug-likeness (QED) is 0.289. The highest BCUT2D eigenvalue weighted by atomic mass is 16.6. The molecule has 2 saturated heterocycles. The van der Waals surface area contributed by atoms with Gasteiger partial charge in [-0.15, -0.1) is 0 Å². The van der Waals surface area contributed by atoms with Gasteiger partial charge in [0.1, 0.15) is 35.4 Å². The average Bonchev–Trinajstić information content (AvgIpc) is 3.62. The number of piperazine rings is 1. The summed E-state index contributed by atoms with van der Waals surface area (Å²) in [6.45, 7) is 7.45. The van der Waals surface area contributed by atoms with Gasteiger partial charge in [-0.05, 0) is 45.5 Å². The van der Waals surface area contributed by atoms with Gasteiger partial charge in [0.15, 0.2) is 5.78 Å². The molecule has 1 aromatic carbocycles. The minimum Gasteiger partial charge on any atom is -0.507 e. The Morgan fingerprint density at radius 3 is 2.62 bits per heavy atom. The van der Waals surface area contributed by atoms with E-state index in [1.165, 1.54) is 18.2 Å². The van der Waals surface area contributed by atoms with Crippen LogP contribution in [0.2, 0.25) is 0 Å². The van der Waals surface area contributed by atoms with E-state index >= 15 is 0 Å². The molecule has 0 radical (unpaired) electrons. The molecule has 1 aromatic rings. The first-order valence-corrected chi connectivity index (χ1v) is 13.1. The maximum Gasteiger partial charge on any atom is 0.342 e. The van der Waals surface area contributed by atoms with E-state index in [1.54, 1.807) is 13.0 Å². The van der Waals surface area contributed by atoms with Gasteiger partial charge in [0, 0.05) is 50.7 Å². The van der Waals surface area contributed by atoms with Gasteiger partial charge in [0.25, 0.3) is 0 Å². The molecule has 0 saturated carbocycles. The Bertz CT molecular complexity index is 991. The fourth-order valence-electron chi connectivity index (χ4n) is 4.77. The number of ether oxygens (including phenoxy) is 3. The largest absolute Gasteiger partial charge is 0.507 e. The van der Waals surface area contributed by atoms with Crippen molar-refractivity contribution in [2.45, 2.75) is 63.1 Å². The van der Waals surface area contributed by atoms with Crippen molar-refractivity contribution in [1.82, 2.24) is 9.80 Å². The van der Waals surface area contributed by atoms with Gasteiger partial charge >= 0.3 is 5.97 Å². The fourth-order valence-corrected chi connectivity index (χ4v) is 4.77. The number of esters is 1. The number of nitrogens with zero attached hydrogens (tertiary/aromatic N) is 2. The molecule has 3 N–H and O–H groups in total. The van der Waals surface area contributed by atoms with Crippen LogP contribution >= 0.6 is 0 Å². The molecule has 0 aliphatic carbocycles. The van der Waals surface area contributed by atoms with Crippen molar-refractivity contribution in [2.75, 3.05) is 46.4 Å². The SMILES string of the molecule is C[C@H]1C/C=C\C(=O)[C@@H](O)[C@@H](O)C[C@@H]2O[C@@H]2c2cc(OCCCCN3CCN(C)CC3)cc(O)c2C(=O)O1. The van der Waals surface area contributed by atoms with Crippen LogP contribution in [0.5, 0.6) is 11.5 Å². The van der Waals surface area contributed by atoms with Crippen molar-refractivity contribution in [3.8, 4) is 11.5 Å². The number of phenolic OH excluding ortho intramolecular Hbond substituents is 1. The highest BCUT2D eigenvalue weighted by Crippen LogP contribution is 2.46. The predicted molar refractivity (Wildman–Crippen MR) is 135 cm³/mol. The summed E-state index contributed by atoms with van der Waals surface area (Å²) in [4.78, 5) is 29.9. The van der Waals surface area contributed by atoms with Crippen LogP contribution in [0.3, 0.4) is 0 Å². The average molecular weight is 519 g/mol. The molecule has 0 bridgehead atoms. The molecule has 0 spiro atoms. The molecule has 0 amide bonds. The molecule has 2 fully saturated rings. The molecule has 5 atom stereocenters. The molecule has 3 heterocycles. The first kappa shape index (κ1) is 27.5. The summed E-state index contributed by atoms with van der Waals surface area (Å²) in [7, 11) is 2.14. The normalized spacial score (nSPS) is 30.5. The van der Waals surface area contributed by atoms with Crippen LogP contribution in [0.4, 0.5) is 0 Å². The lowest BCUT2D eigenvalue weighted by atomic mass is 9.97. The van der Waals surface area contributed by atoms with Crippen LogP contribution in [0.1, 0.15) is 54.6 Å². The molecule has 0 aromatic heterocycles. The second-order valence-corrected chi connectivity index (χ2v) is 10.2. The Morgan fingerprint density at radius 2 is 1.86 bits per heavy atom. The van der Waals surface area contributed by atoms with E-state index in [0.717, 1.165) is 45.6 Å². The zero-order valence-electron chi connectivity index (χ0n) is 21.5. The van der Waals surface area contributed by atoms with Crippen molar-refractivity contribution in [1.29, 1.82) is 0 Å². The summed E-state index contributed by atoms with van der Waals surface area (Å²) in [5.41, 5.74) is 0.393. The Balaban J connectivity index is 1.43. The molecular weight excluding hydrogens is 480 g/mol. The van der Waals surface area contributed by atoms with Crippen LogP contribution in [-0.2, 0) is 14.3 Å². The maximum atomic E-state index is 13.0. The molecule has 37 heavy (non-hydrogen) atoms. The molecule has 10 nitrogen and oxygen atoms in total. The van der Waals surface area contributed by atoms with E-state index in [2.05, 4.69) is 16.8 Å². The second kappa shape index (κ2) is 12.4. The summed E-state index contributed by atoms with van der Waals surface area (Å²) in [5.74, 6) is -1.19. The minimum absolute atomic E-state index is 0.00551. The number of hydrogen-bond donors (Lipinski definition) is 3. The summed E-state index contributed by atoms with van der Waals surface area (Å²) >= 11 is 0. The number of carbonyl (C=O) groups is 2. The van der Waals surface area contributed by atoms with E-state index < -0.39 is 42.3 Å². The van der Waals surface area contributed by atoms with E-state index in [0.29, 0.717) is 17.9 Å². The Hall–Kier alpha value is -2.50. The van der Waals surface area contributed by atoms with Gasteiger partial charge in [-0.1, -0.05) is 6.08 Å². The van der Waals surface area contributed by atoms with Crippen molar-refractivity contribution in [2.24, 2.45) is 0 Å². The Labute approximate surface area is 217 Å². The third kappa shape index (κ3) is 7.30. The monoisotopic (exact) mass is 518 g/mol. The lowest BCUT2D eigenvalue weighted by molar-refractivity contribution is -0.128. The number of aliphatic hydroxyl groups excluding tert-OH is 2. The van der Waals surface area contributed by atoms with Crippen LogP contribution in [0.15, 0.2) is 24.3 Å². The number of rotatable bonds is 6. The van der Waals surface area contributed by atoms with Gasteiger partial charge < -0.3 is 39.3 Å². The molecule has 3 aliphatic heterocycles. The van der Waals surface area contributed by atoms with E-state index in [9.17, 15) is 24.9 Å². The number of benzene rings is 1. The smallest absolute Gasteiger partial charge is 0.342 e. The summed E-state index contributed by atoms with van der Waals surface area (Å²) in [6.07, 6.45) is 0.0982. The number of likely N-dealkylation sites (N-methyl/N-ethyl adjacent to an activating group) is 1. The number of carbonyl (C=O) groups excluding carboxylic acids is 2. The lowest BCUT2D eigenvalue weighted by Gasteiger charge is -2.32. The minimum atomic E-state index is -1.57. The zero-order chi connectivity index (χ0) is 26.5. The number of fused-ring (bicyclic) bond motifs is 3. The third-order valence-corrected chi connectivity index (χ3v) is 7.14. The van der Waals surface area contributed by atoms with Gasteiger partial charge in [-0.2, -0.15) is 0 Å². The van der Waals surface area contributed by atoms with Crippen LogP contribution in [0, 0.1) is 0 Å². The number of hydrogen-bond acceptors (Lipinski definition) is 10. The second-order valence-electron chi connectivity index (χ2n) is 10.2. The lowest BCUT2D eigenvalue weighted by Crippen LogP contribution is -2.44.